The summed E-state index contributed by atoms with van der Waals surface area (Å²) in [5.74, 6) is -0.959. The Morgan fingerprint density at radius 1 is 1.43 bits per heavy atom. The van der Waals surface area contributed by atoms with E-state index in [0.29, 0.717) is 11.3 Å². The maximum Gasteiger partial charge on any atom is 0.340 e. The first-order chi connectivity index (χ1) is 9.75. The fourth-order valence-electron chi connectivity index (χ4n) is 2.37. The van der Waals surface area contributed by atoms with Gasteiger partial charge in [-0.3, -0.25) is 4.79 Å². The first-order valence-electron chi connectivity index (χ1n) is 6.25. The summed E-state index contributed by atoms with van der Waals surface area (Å²) in [6.45, 7) is 1.65. The van der Waals surface area contributed by atoms with Crippen LogP contribution in [0.2, 0.25) is 0 Å². The van der Waals surface area contributed by atoms with Crippen LogP contribution in [-0.2, 0) is 19.6 Å². The summed E-state index contributed by atoms with van der Waals surface area (Å²) in [6, 6.07) is 4.99. The molecule has 1 unspecified atom stereocenters. The van der Waals surface area contributed by atoms with Gasteiger partial charge in [-0.05, 0) is 18.6 Å². The Labute approximate surface area is 122 Å². The van der Waals surface area contributed by atoms with Gasteiger partial charge in [0.2, 0.25) is 15.9 Å². The number of amides is 1. The number of aryl methyl sites for hydroxylation is 1. The Morgan fingerprint density at radius 2 is 2.10 bits per heavy atom. The lowest BCUT2D eigenvalue weighted by atomic mass is 10.1. The third-order valence-electron chi connectivity index (χ3n) is 3.49. The molecule has 0 aliphatic carbocycles. The van der Waals surface area contributed by atoms with Gasteiger partial charge in [-0.2, -0.15) is 0 Å². The van der Waals surface area contributed by atoms with E-state index in [-0.39, 0.29) is 24.4 Å². The maximum atomic E-state index is 12.1. The Bertz CT molecular complexity index is 699. The Hall–Kier alpha value is -1.93. The number of ether oxygens (including phenoxy) is 1. The van der Waals surface area contributed by atoms with E-state index >= 15 is 0 Å². The molecule has 2 rings (SSSR count). The van der Waals surface area contributed by atoms with Gasteiger partial charge in [-0.1, -0.05) is 12.1 Å². The second-order valence-corrected chi connectivity index (χ2v) is 6.72. The van der Waals surface area contributed by atoms with Crippen LogP contribution in [0, 0.1) is 6.92 Å². The van der Waals surface area contributed by atoms with Crippen molar-refractivity contribution in [3.05, 3.63) is 29.3 Å². The quantitative estimate of drug-likeness (QED) is 0.801. The van der Waals surface area contributed by atoms with Gasteiger partial charge >= 0.3 is 5.97 Å². The number of carbonyl (C=O) groups excluding carboxylic acids is 2. The van der Waals surface area contributed by atoms with Gasteiger partial charge in [0.25, 0.3) is 0 Å². The van der Waals surface area contributed by atoms with Crippen LogP contribution in [0.25, 0.3) is 0 Å². The molecule has 1 aromatic rings. The number of benzene rings is 1. The molecule has 1 heterocycles. The zero-order valence-electron chi connectivity index (χ0n) is 11.7. The molecule has 0 spiro atoms. The summed E-state index contributed by atoms with van der Waals surface area (Å²) in [7, 11) is -2.56. The minimum Gasteiger partial charge on any atom is -0.465 e. The highest BCUT2D eigenvalue weighted by Gasteiger charge is 2.38. The van der Waals surface area contributed by atoms with Gasteiger partial charge < -0.3 is 9.64 Å². The first-order valence-corrected chi connectivity index (χ1v) is 7.86. The van der Waals surface area contributed by atoms with Crippen molar-refractivity contribution in [1.29, 1.82) is 0 Å². The number of primary sulfonamides is 1. The Kier molecular flexibility index (Phi) is 4.02. The average molecular weight is 312 g/mol. The van der Waals surface area contributed by atoms with Crippen LogP contribution in [0.15, 0.2) is 18.2 Å². The maximum absolute atomic E-state index is 12.1. The number of methoxy groups -OCH3 is 1. The molecule has 1 amide bonds. The minimum atomic E-state index is -3.80. The van der Waals surface area contributed by atoms with Gasteiger partial charge in [0.15, 0.2) is 0 Å². The topological polar surface area (TPSA) is 107 Å². The highest BCUT2D eigenvalue weighted by Crippen LogP contribution is 2.29. The van der Waals surface area contributed by atoms with Gasteiger partial charge in [0, 0.05) is 13.0 Å². The van der Waals surface area contributed by atoms with Crippen molar-refractivity contribution in [2.45, 2.75) is 18.6 Å². The second kappa shape index (κ2) is 5.45. The number of nitrogens with zero attached hydrogens (tertiary/aromatic N) is 1. The molecule has 2 N–H and O–H groups in total. The number of carbonyl (C=O) groups is 2. The predicted molar refractivity (Wildman–Crippen MR) is 76.4 cm³/mol. The molecular formula is C13H16N2O5S. The molecule has 8 heteroatoms. The highest BCUT2D eigenvalue weighted by molar-refractivity contribution is 7.89. The van der Waals surface area contributed by atoms with Crippen molar-refractivity contribution in [2.75, 3.05) is 18.6 Å². The third kappa shape index (κ3) is 2.91. The second-order valence-electron chi connectivity index (χ2n) is 4.88. The molecule has 0 aromatic heterocycles. The summed E-state index contributed by atoms with van der Waals surface area (Å²) >= 11 is 0. The molecule has 0 bridgehead atoms. The lowest BCUT2D eigenvalue weighted by molar-refractivity contribution is -0.117. The molecule has 7 nitrogen and oxygen atoms in total. The van der Waals surface area contributed by atoms with Crippen molar-refractivity contribution in [2.24, 2.45) is 5.14 Å². The molecule has 114 valence electrons. The summed E-state index contributed by atoms with van der Waals surface area (Å²) in [5, 5.41) is 4.14. The fraction of sp³-hybridized carbons (Fsp3) is 0.385. The Morgan fingerprint density at radius 3 is 2.62 bits per heavy atom. The zero-order valence-corrected chi connectivity index (χ0v) is 12.5. The van der Waals surface area contributed by atoms with E-state index in [0.717, 1.165) is 0 Å². The highest BCUT2D eigenvalue weighted by atomic mass is 32.2. The van der Waals surface area contributed by atoms with Crippen LogP contribution < -0.4 is 10.0 Å². The normalized spacial score (nSPS) is 18.9. The molecular weight excluding hydrogens is 296 g/mol. The summed E-state index contributed by atoms with van der Waals surface area (Å²) < 4.78 is 27.5. The van der Waals surface area contributed by atoms with E-state index in [4.69, 9.17) is 9.88 Å². The van der Waals surface area contributed by atoms with Crippen molar-refractivity contribution in [3.63, 3.8) is 0 Å². The van der Waals surface area contributed by atoms with Crippen LogP contribution in [0.3, 0.4) is 0 Å². The first kappa shape index (κ1) is 15.5. The molecule has 1 saturated heterocycles. The van der Waals surface area contributed by atoms with Crippen molar-refractivity contribution >= 4 is 27.6 Å². The fourth-order valence-corrected chi connectivity index (χ4v) is 3.10. The summed E-state index contributed by atoms with van der Waals surface area (Å²) in [4.78, 5) is 25.2. The van der Waals surface area contributed by atoms with E-state index in [1.54, 1.807) is 25.1 Å². The van der Waals surface area contributed by atoms with Gasteiger partial charge in [0.05, 0.1) is 18.4 Å². The lowest BCUT2D eigenvalue weighted by Gasteiger charge is -2.20. The number of nitrogens with two attached hydrogens (primary N) is 1. The van der Waals surface area contributed by atoms with E-state index in [1.165, 1.54) is 12.0 Å². The molecule has 1 atom stereocenters. The van der Waals surface area contributed by atoms with Crippen molar-refractivity contribution in [1.82, 2.24) is 0 Å². The zero-order chi connectivity index (χ0) is 15.8. The predicted octanol–water partition coefficient (Wildman–Crippen LogP) is 0.175. The van der Waals surface area contributed by atoms with E-state index in [2.05, 4.69) is 0 Å². The van der Waals surface area contributed by atoms with Gasteiger partial charge in [-0.15, -0.1) is 0 Å². The Balaban J connectivity index is 2.46. The molecule has 1 aromatic carbocycles. The summed E-state index contributed by atoms with van der Waals surface area (Å²) in [5.41, 5.74) is 1.24. The summed E-state index contributed by atoms with van der Waals surface area (Å²) in [6.07, 6.45) is -0.187. The van der Waals surface area contributed by atoms with Crippen LogP contribution >= 0.6 is 0 Å². The molecule has 0 saturated carbocycles. The third-order valence-corrected chi connectivity index (χ3v) is 4.73. The average Bonchev–Trinajstić information content (AvgIpc) is 2.79. The lowest BCUT2D eigenvalue weighted by Crippen LogP contribution is -2.32. The monoisotopic (exact) mass is 312 g/mol. The molecule has 1 aliphatic rings. The minimum absolute atomic E-state index is 0.0644. The van der Waals surface area contributed by atoms with Gasteiger partial charge in [-0.25, -0.2) is 18.4 Å². The number of esters is 1. The van der Waals surface area contributed by atoms with Gasteiger partial charge in [0.1, 0.15) is 5.25 Å². The number of anilines is 1. The van der Waals surface area contributed by atoms with Crippen LogP contribution in [0.4, 0.5) is 5.69 Å². The van der Waals surface area contributed by atoms with Crippen LogP contribution in [0.1, 0.15) is 22.3 Å². The van der Waals surface area contributed by atoms with E-state index in [1.807, 2.05) is 0 Å². The van der Waals surface area contributed by atoms with E-state index in [9.17, 15) is 18.0 Å². The van der Waals surface area contributed by atoms with Crippen LogP contribution in [-0.4, -0.2) is 39.2 Å². The molecule has 21 heavy (non-hydrogen) atoms. The number of hydrogen-bond acceptors (Lipinski definition) is 5. The number of hydrogen-bond donors (Lipinski definition) is 1. The molecule has 0 radical (unpaired) electrons. The van der Waals surface area contributed by atoms with Crippen LogP contribution in [0.5, 0.6) is 0 Å². The standard InChI is InChI=1S/C13H16N2O5S/c1-8-4-3-5-10(12(8)13(17)20-2)15-7-9(6-11(15)16)21(14,18)19/h3-5,9H,6-7H2,1-2H3,(H2,14,18,19). The van der Waals surface area contributed by atoms with E-state index < -0.39 is 21.2 Å². The molecule has 1 fully saturated rings. The molecule has 1 aliphatic heterocycles. The number of sulfonamides is 1. The van der Waals surface area contributed by atoms with Crippen molar-refractivity contribution in [3.8, 4) is 0 Å². The number of rotatable bonds is 3. The SMILES string of the molecule is COC(=O)c1c(C)cccc1N1CC(S(N)(=O)=O)CC1=O. The largest absolute Gasteiger partial charge is 0.465 e. The van der Waals surface area contributed by atoms with Crippen molar-refractivity contribution < 1.29 is 22.7 Å². The smallest absolute Gasteiger partial charge is 0.340 e.